The summed E-state index contributed by atoms with van der Waals surface area (Å²) in [5.41, 5.74) is 5.18. The molecule has 0 saturated carbocycles. The molecule has 0 bridgehead atoms. The molecule has 2 amide bonds. The van der Waals surface area contributed by atoms with E-state index in [1.807, 2.05) is 0 Å². The number of rotatable bonds is 7. The van der Waals surface area contributed by atoms with E-state index in [4.69, 9.17) is 10.3 Å². The van der Waals surface area contributed by atoms with Crippen LogP contribution in [0.25, 0.3) is 22.6 Å². The number of hydrogen-bond acceptors (Lipinski definition) is 9. The van der Waals surface area contributed by atoms with Crippen molar-refractivity contribution in [2.75, 3.05) is 18.9 Å². The third-order valence-electron chi connectivity index (χ3n) is 6.12. The third kappa shape index (κ3) is 5.16. The lowest BCUT2D eigenvalue weighted by Crippen LogP contribution is -2.35. The average molecular weight is 542 g/mol. The molecule has 1 unspecified atom stereocenters. The average Bonchev–Trinajstić information content (AvgIpc) is 3.61. The first-order valence-corrected chi connectivity index (χ1v) is 11.5. The second kappa shape index (κ2) is 9.50. The van der Waals surface area contributed by atoms with Gasteiger partial charge >= 0.3 is 6.18 Å². The van der Waals surface area contributed by atoms with Crippen molar-refractivity contribution < 1.29 is 32.4 Å². The number of benzene rings is 1. The third-order valence-corrected chi connectivity index (χ3v) is 6.12. The van der Waals surface area contributed by atoms with Crippen LogP contribution >= 0.6 is 0 Å². The Morgan fingerprint density at radius 1 is 1.26 bits per heavy atom. The van der Waals surface area contributed by atoms with E-state index in [1.165, 1.54) is 17.2 Å². The molecule has 0 spiro atoms. The maximum absolute atomic E-state index is 12.6. The maximum Gasteiger partial charge on any atom is 0.408 e. The van der Waals surface area contributed by atoms with Gasteiger partial charge < -0.3 is 25.6 Å². The van der Waals surface area contributed by atoms with Crippen LogP contribution < -0.4 is 11.1 Å². The van der Waals surface area contributed by atoms with E-state index in [-0.39, 0.29) is 35.1 Å². The molecule has 12 nitrogen and oxygen atoms in total. The Kier molecular flexibility index (Phi) is 6.30. The van der Waals surface area contributed by atoms with Gasteiger partial charge in [-0.15, -0.1) is 0 Å². The first kappa shape index (κ1) is 25.8. The molecule has 1 aliphatic heterocycles. The normalized spacial score (nSPS) is 17.6. The van der Waals surface area contributed by atoms with Crippen molar-refractivity contribution in [3.8, 4) is 22.6 Å². The predicted octanol–water partition coefficient (Wildman–Crippen LogP) is 2.45. The molecule has 0 radical (unpaired) electrons. The number of carbonyl (C=O) groups excluding carboxylic acids is 2. The number of primary amides is 1. The summed E-state index contributed by atoms with van der Waals surface area (Å²) < 4.78 is 43.8. The number of aromatic nitrogens is 5. The fraction of sp³-hybridized carbons (Fsp3) is 0.250. The van der Waals surface area contributed by atoms with Gasteiger partial charge in [-0.3, -0.25) is 14.3 Å². The molecule has 5 rings (SSSR count). The van der Waals surface area contributed by atoms with Crippen LogP contribution in [0.5, 0.6) is 0 Å². The minimum atomic E-state index is -4.45. The molecule has 1 atom stereocenters. The lowest BCUT2D eigenvalue weighted by atomic mass is 9.98. The van der Waals surface area contributed by atoms with Crippen molar-refractivity contribution in [3.05, 3.63) is 60.4 Å². The molecule has 1 aromatic carbocycles. The molecular formula is C24H21F3N8O4. The van der Waals surface area contributed by atoms with Crippen LogP contribution in [-0.4, -0.2) is 66.5 Å². The van der Waals surface area contributed by atoms with Crippen molar-refractivity contribution in [2.45, 2.75) is 24.7 Å². The molecule has 4 aromatic rings. The second-order valence-corrected chi connectivity index (χ2v) is 8.98. The van der Waals surface area contributed by atoms with E-state index >= 15 is 0 Å². The fourth-order valence-electron chi connectivity index (χ4n) is 4.16. The van der Waals surface area contributed by atoms with Crippen LogP contribution in [0.1, 0.15) is 22.7 Å². The molecular weight excluding hydrogens is 521 g/mol. The number of nitrogens with zero attached hydrogens (tertiary/aromatic N) is 6. The number of hydrogen-bond donors (Lipinski definition) is 3. The molecule has 1 aliphatic rings. The largest absolute Gasteiger partial charge is 0.408 e. The minimum Gasteiger partial charge on any atom is -0.373 e. The number of carbonyl (C=O) groups is 2. The Balaban J connectivity index is 1.40. The molecule has 202 valence electrons. The number of halogens is 3. The van der Waals surface area contributed by atoms with E-state index in [9.17, 15) is 27.9 Å². The number of alkyl halides is 3. The zero-order valence-electron chi connectivity index (χ0n) is 20.3. The van der Waals surface area contributed by atoms with E-state index in [0.717, 1.165) is 12.4 Å². The van der Waals surface area contributed by atoms with Gasteiger partial charge in [0, 0.05) is 43.4 Å². The van der Waals surface area contributed by atoms with Crippen LogP contribution in [0.3, 0.4) is 0 Å². The topological polar surface area (TPSA) is 165 Å². The predicted molar refractivity (Wildman–Crippen MR) is 129 cm³/mol. The van der Waals surface area contributed by atoms with Crippen molar-refractivity contribution in [2.24, 2.45) is 5.73 Å². The summed E-state index contributed by atoms with van der Waals surface area (Å²) in [5, 5.41) is 21.2. The van der Waals surface area contributed by atoms with Crippen molar-refractivity contribution >= 4 is 23.2 Å². The second-order valence-electron chi connectivity index (χ2n) is 8.98. The Morgan fingerprint density at radius 3 is 2.72 bits per heavy atom. The number of likely N-dealkylation sites (tertiary alicyclic amines) is 1. The molecule has 1 saturated heterocycles. The molecule has 4 heterocycles. The summed E-state index contributed by atoms with van der Waals surface area (Å²) in [6, 6.07) is 8.25. The quantitative estimate of drug-likeness (QED) is 0.318. The van der Waals surface area contributed by atoms with Crippen LogP contribution in [-0.2, 0) is 16.9 Å². The zero-order valence-corrected chi connectivity index (χ0v) is 20.3. The van der Waals surface area contributed by atoms with Gasteiger partial charge in [-0.25, -0.2) is 9.97 Å². The minimum absolute atomic E-state index is 0.0264. The van der Waals surface area contributed by atoms with Gasteiger partial charge in [-0.1, -0.05) is 23.4 Å². The fourth-order valence-corrected chi connectivity index (χ4v) is 4.16. The zero-order chi connectivity index (χ0) is 27.9. The van der Waals surface area contributed by atoms with Crippen LogP contribution in [0.15, 0.2) is 53.4 Å². The molecule has 1 fully saturated rings. The van der Waals surface area contributed by atoms with E-state index in [1.54, 1.807) is 31.3 Å². The Labute approximate surface area is 218 Å². The summed E-state index contributed by atoms with van der Waals surface area (Å²) in [4.78, 5) is 34.4. The van der Waals surface area contributed by atoms with Crippen LogP contribution in [0.2, 0.25) is 0 Å². The van der Waals surface area contributed by atoms with Gasteiger partial charge in [-0.05, 0) is 6.07 Å². The number of amides is 2. The highest BCUT2D eigenvalue weighted by Crippen LogP contribution is 2.35. The Morgan fingerprint density at radius 2 is 2.03 bits per heavy atom. The summed E-state index contributed by atoms with van der Waals surface area (Å²) >= 11 is 0. The number of nitrogens with two attached hydrogens (primary N) is 1. The van der Waals surface area contributed by atoms with Gasteiger partial charge in [0.15, 0.2) is 17.3 Å². The number of aliphatic hydroxyl groups is 1. The van der Waals surface area contributed by atoms with Crippen molar-refractivity contribution in [1.29, 1.82) is 0 Å². The summed E-state index contributed by atoms with van der Waals surface area (Å²) in [5.74, 6) is -1.20. The summed E-state index contributed by atoms with van der Waals surface area (Å²) in [6.45, 7) is -0.899. The van der Waals surface area contributed by atoms with Crippen molar-refractivity contribution in [1.82, 2.24) is 29.8 Å². The SMILES string of the molecule is CN1CCC(O)(c2cc(-c3cccc(-c4ncc(Nc5cnn(CC(F)(F)F)c5)c(C(N)=O)n4)c3)no2)C1=O. The lowest BCUT2D eigenvalue weighted by molar-refractivity contribution is -0.145. The molecule has 3 aromatic heterocycles. The highest BCUT2D eigenvalue weighted by molar-refractivity contribution is 5.97. The highest BCUT2D eigenvalue weighted by Gasteiger charge is 2.48. The summed E-state index contributed by atoms with van der Waals surface area (Å²) in [7, 11) is 1.59. The first-order valence-electron chi connectivity index (χ1n) is 11.5. The Bertz CT molecular complexity index is 1570. The maximum atomic E-state index is 12.6. The highest BCUT2D eigenvalue weighted by atomic mass is 19.4. The molecule has 39 heavy (non-hydrogen) atoms. The number of anilines is 2. The number of likely N-dealkylation sites (N-methyl/N-ethyl adjacent to an activating group) is 1. The van der Waals surface area contributed by atoms with Gasteiger partial charge in [-0.2, -0.15) is 18.3 Å². The van der Waals surface area contributed by atoms with Gasteiger partial charge in [0.05, 0.1) is 23.8 Å². The molecule has 4 N–H and O–H groups in total. The van der Waals surface area contributed by atoms with Gasteiger partial charge in [0.25, 0.3) is 11.8 Å². The van der Waals surface area contributed by atoms with E-state index < -0.39 is 30.1 Å². The van der Waals surface area contributed by atoms with Gasteiger partial charge in [0.2, 0.25) is 5.60 Å². The Hall–Kier alpha value is -4.79. The van der Waals surface area contributed by atoms with Crippen LogP contribution in [0.4, 0.5) is 24.5 Å². The first-order chi connectivity index (χ1) is 18.4. The van der Waals surface area contributed by atoms with Crippen molar-refractivity contribution in [3.63, 3.8) is 0 Å². The monoisotopic (exact) mass is 542 g/mol. The van der Waals surface area contributed by atoms with E-state index in [0.29, 0.717) is 28.0 Å². The lowest BCUT2D eigenvalue weighted by Gasteiger charge is -2.16. The number of nitrogens with one attached hydrogen (secondary N) is 1. The van der Waals surface area contributed by atoms with Gasteiger partial charge in [0.1, 0.15) is 12.2 Å². The smallest absolute Gasteiger partial charge is 0.373 e. The molecule has 0 aliphatic carbocycles. The molecule has 15 heteroatoms. The van der Waals surface area contributed by atoms with Crippen LogP contribution in [0, 0.1) is 0 Å². The summed E-state index contributed by atoms with van der Waals surface area (Å²) in [6.07, 6.45) is -0.714. The van der Waals surface area contributed by atoms with E-state index in [2.05, 4.69) is 25.5 Å². The standard InChI is InChI=1S/C24H21F3N8O4/c1-34-6-5-23(38,22(34)37)18-8-16(33-39-18)13-3-2-4-14(7-13)21-29-10-17(19(32-21)20(28)36)31-15-9-30-35(11-15)12-24(25,26)27/h2-4,7-11,31,38H,5-6,12H2,1H3,(H2,28,36).